The SMILES string of the molecule is Cc1ccc(CN)cc1S(=O)(=O)NCC(C(C)C)C(C)C. The molecule has 1 rings (SSSR count). The van der Waals surface area contributed by atoms with Crippen LogP contribution >= 0.6 is 0 Å². The first-order chi connectivity index (χ1) is 9.69. The molecule has 0 atom stereocenters. The lowest BCUT2D eigenvalue weighted by atomic mass is 9.86. The van der Waals surface area contributed by atoms with Gasteiger partial charge in [-0.3, -0.25) is 0 Å². The first-order valence-corrected chi connectivity index (χ1v) is 8.96. The van der Waals surface area contributed by atoms with Gasteiger partial charge in [-0.25, -0.2) is 13.1 Å². The lowest BCUT2D eigenvalue weighted by Gasteiger charge is -2.25. The van der Waals surface area contributed by atoms with Crippen molar-refractivity contribution in [2.45, 2.75) is 46.1 Å². The summed E-state index contributed by atoms with van der Waals surface area (Å²) in [7, 11) is -3.49. The van der Waals surface area contributed by atoms with E-state index in [0.29, 0.717) is 35.7 Å². The van der Waals surface area contributed by atoms with Crippen LogP contribution in [0.1, 0.15) is 38.8 Å². The van der Waals surface area contributed by atoms with Crippen molar-refractivity contribution >= 4 is 10.0 Å². The third kappa shape index (κ3) is 4.80. The van der Waals surface area contributed by atoms with E-state index < -0.39 is 10.0 Å². The van der Waals surface area contributed by atoms with Crippen molar-refractivity contribution < 1.29 is 8.42 Å². The number of rotatable bonds is 7. The van der Waals surface area contributed by atoms with Gasteiger partial charge in [0.1, 0.15) is 0 Å². The quantitative estimate of drug-likeness (QED) is 0.813. The van der Waals surface area contributed by atoms with Crippen molar-refractivity contribution in [3.63, 3.8) is 0 Å². The Morgan fingerprint density at radius 1 is 1.14 bits per heavy atom. The Morgan fingerprint density at radius 2 is 1.71 bits per heavy atom. The lowest BCUT2D eigenvalue weighted by molar-refractivity contribution is 0.289. The lowest BCUT2D eigenvalue weighted by Crippen LogP contribution is -2.34. The van der Waals surface area contributed by atoms with Crippen LogP contribution in [0.15, 0.2) is 23.1 Å². The fourth-order valence-corrected chi connectivity index (χ4v) is 3.95. The summed E-state index contributed by atoms with van der Waals surface area (Å²) < 4.78 is 27.8. The average molecular weight is 312 g/mol. The molecular formula is C16H28N2O2S. The molecule has 0 aromatic heterocycles. The highest BCUT2D eigenvalue weighted by Crippen LogP contribution is 2.21. The van der Waals surface area contributed by atoms with E-state index in [1.54, 1.807) is 19.1 Å². The highest BCUT2D eigenvalue weighted by atomic mass is 32.2. The molecule has 0 fully saturated rings. The van der Waals surface area contributed by atoms with Crippen LogP contribution in [0.3, 0.4) is 0 Å². The summed E-state index contributed by atoms with van der Waals surface area (Å²) in [6.07, 6.45) is 0. The first-order valence-electron chi connectivity index (χ1n) is 7.48. The smallest absolute Gasteiger partial charge is 0.240 e. The molecule has 0 radical (unpaired) electrons. The number of hydrogen-bond donors (Lipinski definition) is 2. The maximum atomic E-state index is 12.5. The molecule has 3 N–H and O–H groups in total. The van der Waals surface area contributed by atoms with Crippen molar-refractivity contribution in [3.8, 4) is 0 Å². The van der Waals surface area contributed by atoms with E-state index in [-0.39, 0.29) is 0 Å². The zero-order valence-corrected chi connectivity index (χ0v) is 14.5. The topological polar surface area (TPSA) is 72.2 Å². The second-order valence-electron chi connectivity index (χ2n) is 6.31. The average Bonchev–Trinajstić information content (AvgIpc) is 2.38. The molecule has 0 aliphatic heterocycles. The van der Waals surface area contributed by atoms with Gasteiger partial charge in [0, 0.05) is 13.1 Å². The van der Waals surface area contributed by atoms with Gasteiger partial charge in [0.2, 0.25) is 10.0 Å². The number of nitrogens with two attached hydrogens (primary N) is 1. The fraction of sp³-hybridized carbons (Fsp3) is 0.625. The Bertz CT molecular complexity index is 558. The first kappa shape index (κ1) is 18.1. The molecule has 5 heteroatoms. The van der Waals surface area contributed by atoms with Crippen LogP contribution in [0.2, 0.25) is 0 Å². The monoisotopic (exact) mass is 312 g/mol. The molecule has 0 aliphatic rings. The Morgan fingerprint density at radius 3 is 2.19 bits per heavy atom. The van der Waals surface area contributed by atoms with E-state index >= 15 is 0 Å². The van der Waals surface area contributed by atoms with Gasteiger partial charge in [0.25, 0.3) is 0 Å². The highest BCUT2D eigenvalue weighted by molar-refractivity contribution is 7.89. The Kier molecular flexibility index (Phi) is 6.38. The van der Waals surface area contributed by atoms with Gasteiger partial charge in [-0.05, 0) is 41.9 Å². The van der Waals surface area contributed by atoms with Crippen LogP contribution in [0.25, 0.3) is 0 Å². The Balaban J connectivity index is 2.96. The molecule has 0 spiro atoms. The minimum atomic E-state index is -3.49. The fourth-order valence-electron chi connectivity index (χ4n) is 2.59. The van der Waals surface area contributed by atoms with Gasteiger partial charge in [0.15, 0.2) is 0 Å². The summed E-state index contributed by atoms with van der Waals surface area (Å²) in [6.45, 7) is 11.1. The standard InChI is InChI=1S/C16H28N2O2S/c1-11(2)15(12(3)4)10-18-21(19,20)16-8-14(9-17)7-6-13(16)5/h6-8,11-12,15,18H,9-10,17H2,1-5H3. The van der Waals surface area contributed by atoms with Crippen LogP contribution < -0.4 is 10.5 Å². The molecular weight excluding hydrogens is 284 g/mol. The predicted octanol–water partition coefficient (Wildman–Crippen LogP) is 2.66. The minimum absolute atomic E-state index is 0.317. The van der Waals surface area contributed by atoms with Gasteiger partial charge >= 0.3 is 0 Å². The van der Waals surface area contributed by atoms with Crippen molar-refractivity contribution in [1.82, 2.24) is 4.72 Å². The largest absolute Gasteiger partial charge is 0.326 e. The molecule has 120 valence electrons. The van der Waals surface area contributed by atoms with E-state index in [1.165, 1.54) is 0 Å². The summed E-state index contributed by atoms with van der Waals surface area (Å²) in [4.78, 5) is 0.330. The van der Waals surface area contributed by atoms with E-state index in [9.17, 15) is 8.42 Å². The molecule has 1 aromatic carbocycles. The van der Waals surface area contributed by atoms with Crippen LogP contribution in [-0.2, 0) is 16.6 Å². The molecule has 0 unspecified atom stereocenters. The molecule has 0 amide bonds. The number of benzene rings is 1. The second-order valence-corrected chi connectivity index (χ2v) is 8.04. The molecule has 4 nitrogen and oxygen atoms in total. The maximum absolute atomic E-state index is 12.5. The van der Waals surface area contributed by atoms with Gasteiger partial charge < -0.3 is 5.73 Å². The molecule has 1 aromatic rings. The third-order valence-electron chi connectivity index (χ3n) is 4.00. The van der Waals surface area contributed by atoms with Crippen molar-refractivity contribution in [1.29, 1.82) is 0 Å². The molecule has 0 saturated carbocycles. The zero-order valence-electron chi connectivity index (χ0n) is 13.7. The third-order valence-corrected chi connectivity index (χ3v) is 5.57. The number of nitrogens with one attached hydrogen (secondary N) is 1. The second kappa shape index (κ2) is 7.38. The van der Waals surface area contributed by atoms with E-state index in [4.69, 9.17) is 5.73 Å². The molecule has 0 aliphatic carbocycles. The number of hydrogen-bond acceptors (Lipinski definition) is 3. The minimum Gasteiger partial charge on any atom is -0.326 e. The van der Waals surface area contributed by atoms with E-state index in [1.807, 2.05) is 6.07 Å². The predicted molar refractivity (Wildman–Crippen MR) is 87.4 cm³/mol. The summed E-state index contributed by atoms with van der Waals surface area (Å²) in [5, 5.41) is 0. The van der Waals surface area contributed by atoms with Gasteiger partial charge in [0.05, 0.1) is 4.90 Å². The van der Waals surface area contributed by atoms with Crippen molar-refractivity contribution in [2.24, 2.45) is 23.5 Å². The van der Waals surface area contributed by atoms with Crippen molar-refractivity contribution in [3.05, 3.63) is 29.3 Å². The summed E-state index contributed by atoms with van der Waals surface area (Å²) in [5.41, 5.74) is 7.16. The Labute approximate surface area is 129 Å². The van der Waals surface area contributed by atoms with Crippen LogP contribution in [0, 0.1) is 24.7 Å². The van der Waals surface area contributed by atoms with Crippen LogP contribution in [0.5, 0.6) is 0 Å². The number of sulfonamides is 1. The highest BCUT2D eigenvalue weighted by Gasteiger charge is 2.22. The Hall–Kier alpha value is -0.910. The van der Waals surface area contributed by atoms with Gasteiger partial charge in [-0.1, -0.05) is 39.8 Å². The summed E-state index contributed by atoms with van der Waals surface area (Å²) >= 11 is 0. The van der Waals surface area contributed by atoms with Gasteiger partial charge in [-0.2, -0.15) is 0 Å². The normalized spacial score (nSPS) is 12.6. The van der Waals surface area contributed by atoms with Gasteiger partial charge in [-0.15, -0.1) is 0 Å². The zero-order chi connectivity index (χ0) is 16.2. The van der Waals surface area contributed by atoms with Crippen LogP contribution in [-0.4, -0.2) is 15.0 Å². The summed E-state index contributed by atoms with van der Waals surface area (Å²) in [5.74, 6) is 1.19. The van der Waals surface area contributed by atoms with E-state index in [0.717, 1.165) is 11.1 Å². The maximum Gasteiger partial charge on any atom is 0.240 e. The molecule has 0 saturated heterocycles. The molecule has 0 bridgehead atoms. The number of aryl methyl sites for hydroxylation is 1. The summed E-state index contributed by atoms with van der Waals surface area (Å²) in [6, 6.07) is 5.33. The molecule has 21 heavy (non-hydrogen) atoms. The van der Waals surface area contributed by atoms with E-state index in [2.05, 4.69) is 32.4 Å². The van der Waals surface area contributed by atoms with Crippen LogP contribution in [0.4, 0.5) is 0 Å². The molecule has 0 heterocycles. The van der Waals surface area contributed by atoms with Crippen molar-refractivity contribution in [2.75, 3.05) is 6.54 Å².